The normalized spacial score (nSPS) is 34.2. The molecule has 0 aromatic carbocycles. The average molecular weight is 373 g/mol. The second-order valence-corrected chi connectivity index (χ2v) is 5.05. The fraction of sp³-hybridized carbons (Fsp3) is 1.00. The standard InChI is InChI=1S/C5H7F2I2N/c6-5(7)1-2-10(9)4(8)3-5/h4H,1-3H2. The van der Waals surface area contributed by atoms with Crippen LogP contribution >= 0.6 is 45.5 Å². The minimum atomic E-state index is -2.42. The molecule has 0 radical (unpaired) electrons. The van der Waals surface area contributed by atoms with Gasteiger partial charge in [0.15, 0.2) is 0 Å². The van der Waals surface area contributed by atoms with Crippen molar-refractivity contribution < 1.29 is 8.78 Å². The quantitative estimate of drug-likeness (QED) is 0.273. The minimum absolute atomic E-state index is 0.00347. The molecule has 0 amide bonds. The number of halogens is 4. The SMILES string of the molecule is FC1(F)CCN(I)C(I)C1. The van der Waals surface area contributed by atoms with E-state index in [0.29, 0.717) is 6.54 Å². The minimum Gasteiger partial charge on any atom is -0.234 e. The van der Waals surface area contributed by atoms with Gasteiger partial charge in [-0.15, -0.1) is 0 Å². The molecule has 1 aliphatic heterocycles. The first-order valence-corrected chi connectivity index (χ1v) is 5.17. The predicted octanol–water partition coefficient (Wildman–Crippen LogP) is 2.83. The van der Waals surface area contributed by atoms with Crippen LogP contribution in [0.3, 0.4) is 0 Å². The molecule has 10 heavy (non-hydrogen) atoms. The van der Waals surface area contributed by atoms with Gasteiger partial charge in [0.1, 0.15) is 0 Å². The molecule has 1 aliphatic rings. The van der Waals surface area contributed by atoms with E-state index in [1.54, 1.807) is 0 Å². The number of hydrogen-bond acceptors (Lipinski definition) is 1. The van der Waals surface area contributed by atoms with E-state index in [-0.39, 0.29) is 16.9 Å². The molecule has 1 heterocycles. The summed E-state index contributed by atoms with van der Waals surface area (Å²) >= 11 is 4.14. The second-order valence-electron chi connectivity index (χ2n) is 2.37. The molecule has 0 saturated carbocycles. The van der Waals surface area contributed by atoms with Crippen LogP contribution in [0.5, 0.6) is 0 Å². The summed E-state index contributed by atoms with van der Waals surface area (Å²) in [6.07, 6.45) is 0.00589. The van der Waals surface area contributed by atoms with Crippen LogP contribution < -0.4 is 0 Å². The molecule has 1 unspecified atom stereocenters. The Hall–Kier alpha value is 1.28. The van der Waals surface area contributed by atoms with Crippen LogP contribution in [0, 0.1) is 0 Å². The Morgan fingerprint density at radius 3 is 2.50 bits per heavy atom. The lowest BCUT2D eigenvalue weighted by atomic mass is 10.1. The third-order valence-electron chi connectivity index (χ3n) is 1.46. The van der Waals surface area contributed by atoms with Gasteiger partial charge in [-0.05, 0) is 0 Å². The van der Waals surface area contributed by atoms with E-state index >= 15 is 0 Å². The summed E-state index contributed by atoms with van der Waals surface area (Å²) in [7, 11) is 0. The molecule has 60 valence electrons. The molecule has 1 nitrogen and oxygen atoms in total. The summed E-state index contributed by atoms with van der Waals surface area (Å²) in [6, 6.07) is 0. The first-order chi connectivity index (χ1) is 4.51. The molecule has 5 heteroatoms. The summed E-state index contributed by atoms with van der Waals surface area (Å²) < 4.78 is 27.1. The fourth-order valence-electron chi connectivity index (χ4n) is 0.858. The monoisotopic (exact) mass is 373 g/mol. The Morgan fingerprint density at radius 2 is 2.10 bits per heavy atom. The summed E-state index contributed by atoms with van der Waals surface area (Å²) in [4.78, 5) is 0. The highest BCUT2D eigenvalue weighted by molar-refractivity contribution is 14.1. The van der Waals surface area contributed by atoms with Gasteiger partial charge in [-0.3, -0.25) is 0 Å². The second kappa shape index (κ2) is 3.34. The summed E-state index contributed by atoms with van der Waals surface area (Å²) in [5, 5.41) is 0. The van der Waals surface area contributed by atoms with Crippen molar-refractivity contribution in [1.29, 1.82) is 0 Å². The predicted molar refractivity (Wildman–Crippen MR) is 52.7 cm³/mol. The molecule has 1 saturated heterocycles. The van der Waals surface area contributed by atoms with Crippen LogP contribution in [0.15, 0.2) is 0 Å². The van der Waals surface area contributed by atoms with Crippen LogP contribution in [-0.4, -0.2) is 19.6 Å². The van der Waals surface area contributed by atoms with Gasteiger partial charge in [-0.25, -0.2) is 11.9 Å². The maximum Gasteiger partial charge on any atom is 0.251 e. The van der Waals surface area contributed by atoms with E-state index in [2.05, 4.69) is 22.9 Å². The van der Waals surface area contributed by atoms with Crippen LogP contribution in [0.2, 0.25) is 0 Å². The Bertz CT molecular complexity index is 131. The largest absolute Gasteiger partial charge is 0.251 e. The van der Waals surface area contributed by atoms with E-state index in [1.165, 1.54) is 0 Å². The van der Waals surface area contributed by atoms with Gasteiger partial charge >= 0.3 is 0 Å². The van der Waals surface area contributed by atoms with E-state index in [0.717, 1.165) is 0 Å². The highest BCUT2D eigenvalue weighted by Crippen LogP contribution is 2.35. The van der Waals surface area contributed by atoms with Crippen molar-refractivity contribution in [1.82, 2.24) is 3.11 Å². The van der Waals surface area contributed by atoms with Crippen molar-refractivity contribution in [2.75, 3.05) is 6.54 Å². The summed E-state index contributed by atoms with van der Waals surface area (Å²) in [5.41, 5.74) is 0. The van der Waals surface area contributed by atoms with Crippen molar-refractivity contribution in [2.24, 2.45) is 0 Å². The molecule has 0 N–H and O–H groups in total. The first kappa shape index (κ1) is 9.37. The zero-order valence-corrected chi connectivity index (χ0v) is 9.47. The smallest absolute Gasteiger partial charge is 0.234 e. The topological polar surface area (TPSA) is 3.24 Å². The molecule has 0 bridgehead atoms. The Labute approximate surface area is 86.2 Å². The summed E-state index contributed by atoms with van der Waals surface area (Å²) in [6.45, 7) is 0.501. The van der Waals surface area contributed by atoms with Crippen molar-refractivity contribution in [3.63, 3.8) is 0 Å². The van der Waals surface area contributed by atoms with Gasteiger partial charge in [-0.2, -0.15) is 0 Å². The Kier molecular flexibility index (Phi) is 3.13. The van der Waals surface area contributed by atoms with Gasteiger partial charge in [0.05, 0.1) is 4.05 Å². The molecule has 0 aromatic heterocycles. The zero-order chi connectivity index (χ0) is 7.78. The highest BCUT2D eigenvalue weighted by Gasteiger charge is 2.38. The molecule has 1 fully saturated rings. The number of alkyl halides is 3. The fourth-order valence-corrected chi connectivity index (χ4v) is 2.22. The van der Waals surface area contributed by atoms with Crippen LogP contribution in [0.1, 0.15) is 12.8 Å². The lowest BCUT2D eigenvalue weighted by Crippen LogP contribution is -2.38. The molecule has 0 spiro atoms. The van der Waals surface area contributed by atoms with E-state index in [9.17, 15) is 8.78 Å². The van der Waals surface area contributed by atoms with Crippen molar-refractivity contribution in [2.45, 2.75) is 22.8 Å². The zero-order valence-electron chi connectivity index (χ0n) is 5.16. The summed E-state index contributed by atoms with van der Waals surface area (Å²) in [5.74, 6) is -2.42. The van der Waals surface area contributed by atoms with Crippen LogP contribution in [-0.2, 0) is 0 Å². The molecule has 0 aromatic rings. The van der Waals surface area contributed by atoms with Crippen molar-refractivity contribution >= 4 is 45.5 Å². The third kappa shape index (κ3) is 2.40. The Balaban J connectivity index is 2.49. The van der Waals surface area contributed by atoms with Gasteiger partial charge in [0.25, 0.3) is 5.92 Å². The Morgan fingerprint density at radius 1 is 1.50 bits per heavy atom. The molecular weight excluding hydrogens is 366 g/mol. The molecular formula is C5H7F2I2N. The molecule has 1 atom stereocenters. The number of nitrogens with zero attached hydrogens (tertiary/aromatic N) is 1. The highest BCUT2D eigenvalue weighted by atomic mass is 127. The van der Waals surface area contributed by atoms with Crippen LogP contribution in [0.25, 0.3) is 0 Å². The van der Waals surface area contributed by atoms with E-state index < -0.39 is 5.92 Å². The lowest BCUT2D eigenvalue weighted by molar-refractivity contribution is -0.0401. The average Bonchev–Trinajstić information content (AvgIpc) is 1.79. The number of hydrogen-bond donors (Lipinski definition) is 0. The lowest BCUT2D eigenvalue weighted by Gasteiger charge is -2.31. The van der Waals surface area contributed by atoms with E-state index in [1.807, 2.05) is 25.7 Å². The maximum atomic E-state index is 12.6. The first-order valence-electron chi connectivity index (χ1n) is 2.95. The maximum absolute atomic E-state index is 12.6. The van der Waals surface area contributed by atoms with Crippen molar-refractivity contribution in [3.05, 3.63) is 0 Å². The van der Waals surface area contributed by atoms with Crippen LogP contribution in [0.4, 0.5) is 8.78 Å². The third-order valence-corrected chi connectivity index (χ3v) is 4.80. The number of rotatable bonds is 0. The molecule has 0 aliphatic carbocycles. The van der Waals surface area contributed by atoms with Gasteiger partial charge in [-0.1, -0.05) is 22.6 Å². The molecule has 1 rings (SSSR count). The van der Waals surface area contributed by atoms with Gasteiger partial charge < -0.3 is 0 Å². The van der Waals surface area contributed by atoms with Gasteiger partial charge in [0.2, 0.25) is 0 Å². The van der Waals surface area contributed by atoms with Gasteiger partial charge in [0, 0.05) is 42.3 Å². The van der Waals surface area contributed by atoms with Crippen molar-refractivity contribution in [3.8, 4) is 0 Å². The van der Waals surface area contributed by atoms with E-state index in [4.69, 9.17) is 0 Å². The number of piperidine rings is 1.